The van der Waals surface area contributed by atoms with Gasteiger partial charge in [-0.2, -0.15) is 0 Å². The number of amides is 1. The van der Waals surface area contributed by atoms with Crippen molar-refractivity contribution in [2.75, 3.05) is 0 Å². The summed E-state index contributed by atoms with van der Waals surface area (Å²) in [6.45, 7) is 7.08. The van der Waals surface area contributed by atoms with Crippen LogP contribution in [-0.2, 0) is 15.1 Å². The lowest BCUT2D eigenvalue weighted by Crippen LogP contribution is -2.47. The van der Waals surface area contributed by atoms with Crippen LogP contribution in [0.4, 0.5) is 0 Å². The molecule has 4 heteroatoms. The SMILES string of the molecule is CC(C)(C)OC(=O)[C@@]1(C)NC(=O)c2ccccc21. The molecule has 18 heavy (non-hydrogen) atoms. The van der Waals surface area contributed by atoms with Gasteiger partial charge in [0, 0.05) is 11.1 Å². The van der Waals surface area contributed by atoms with E-state index in [0.717, 1.165) is 0 Å². The Morgan fingerprint density at radius 3 is 2.50 bits per heavy atom. The van der Waals surface area contributed by atoms with Crippen LogP contribution >= 0.6 is 0 Å². The molecular formula is C14H17NO3. The molecule has 1 N–H and O–H groups in total. The molecule has 1 atom stereocenters. The zero-order valence-corrected chi connectivity index (χ0v) is 11.0. The molecule has 0 aliphatic carbocycles. The molecular weight excluding hydrogens is 230 g/mol. The molecule has 0 bridgehead atoms. The van der Waals surface area contributed by atoms with Gasteiger partial charge in [0.2, 0.25) is 0 Å². The maximum Gasteiger partial charge on any atom is 0.336 e. The number of esters is 1. The van der Waals surface area contributed by atoms with Crippen LogP contribution in [0.1, 0.15) is 43.6 Å². The normalized spacial score (nSPS) is 22.3. The predicted octanol–water partition coefficient (Wildman–Crippen LogP) is 1.99. The Morgan fingerprint density at radius 2 is 1.89 bits per heavy atom. The molecule has 2 rings (SSSR count). The van der Waals surface area contributed by atoms with E-state index in [-0.39, 0.29) is 5.91 Å². The van der Waals surface area contributed by atoms with E-state index in [1.54, 1.807) is 45.9 Å². The summed E-state index contributed by atoms with van der Waals surface area (Å²) in [4.78, 5) is 24.1. The van der Waals surface area contributed by atoms with Crippen LogP contribution in [0.2, 0.25) is 0 Å². The third-order valence-corrected chi connectivity index (χ3v) is 2.88. The van der Waals surface area contributed by atoms with Gasteiger partial charge in [-0.15, -0.1) is 0 Å². The average Bonchev–Trinajstić information content (AvgIpc) is 2.51. The summed E-state index contributed by atoms with van der Waals surface area (Å²) in [5.74, 6) is -0.674. The molecule has 1 aromatic rings. The van der Waals surface area contributed by atoms with Crippen molar-refractivity contribution in [1.29, 1.82) is 0 Å². The van der Waals surface area contributed by atoms with E-state index >= 15 is 0 Å². The fraction of sp³-hybridized carbons (Fsp3) is 0.429. The first-order valence-corrected chi connectivity index (χ1v) is 5.89. The fourth-order valence-corrected chi connectivity index (χ4v) is 2.02. The monoisotopic (exact) mass is 247 g/mol. The molecule has 1 amide bonds. The van der Waals surface area contributed by atoms with Gasteiger partial charge >= 0.3 is 5.97 Å². The molecule has 4 nitrogen and oxygen atoms in total. The molecule has 0 fully saturated rings. The summed E-state index contributed by atoms with van der Waals surface area (Å²) in [5.41, 5.74) is -0.473. The highest BCUT2D eigenvalue weighted by molar-refractivity contribution is 6.05. The maximum absolute atomic E-state index is 12.3. The fourth-order valence-electron chi connectivity index (χ4n) is 2.02. The summed E-state index contributed by atoms with van der Waals surface area (Å²) < 4.78 is 5.38. The number of benzene rings is 1. The van der Waals surface area contributed by atoms with Gasteiger partial charge in [-0.3, -0.25) is 4.79 Å². The van der Waals surface area contributed by atoms with Gasteiger partial charge in [0.15, 0.2) is 5.54 Å². The number of carbonyl (C=O) groups excluding carboxylic acids is 2. The molecule has 0 saturated heterocycles. The van der Waals surface area contributed by atoms with E-state index in [4.69, 9.17) is 4.74 Å². The summed E-state index contributed by atoms with van der Waals surface area (Å²) >= 11 is 0. The quantitative estimate of drug-likeness (QED) is 0.772. The first-order chi connectivity index (χ1) is 8.24. The smallest absolute Gasteiger partial charge is 0.336 e. The Morgan fingerprint density at radius 1 is 1.28 bits per heavy atom. The highest BCUT2D eigenvalue weighted by Crippen LogP contribution is 2.32. The number of carbonyl (C=O) groups is 2. The standard InChI is InChI=1S/C14H17NO3/c1-13(2,3)18-12(17)14(4)10-8-6-5-7-9(10)11(16)15-14/h5-8H,1-4H3,(H,15,16)/t14-/m0/s1. The summed E-state index contributed by atoms with van der Waals surface area (Å²) in [6.07, 6.45) is 0. The lowest BCUT2D eigenvalue weighted by molar-refractivity contribution is -0.162. The highest BCUT2D eigenvalue weighted by Gasteiger charge is 2.47. The van der Waals surface area contributed by atoms with Crippen LogP contribution in [0.5, 0.6) is 0 Å². The van der Waals surface area contributed by atoms with Crippen LogP contribution < -0.4 is 5.32 Å². The molecule has 0 radical (unpaired) electrons. The predicted molar refractivity (Wildman–Crippen MR) is 67.1 cm³/mol. The van der Waals surface area contributed by atoms with Crippen molar-refractivity contribution in [3.8, 4) is 0 Å². The number of fused-ring (bicyclic) bond motifs is 1. The number of hydrogen-bond acceptors (Lipinski definition) is 3. The Hall–Kier alpha value is -1.84. The largest absolute Gasteiger partial charge is 0.458 e. The van der Waals surface area contributed by atoms with Crippen molar-refractivity contribution < 1.29 is 14.3 Å². The van der Waals surface area contributed by atoms with Crippen LogP contribution in [0.15, 0.2) is 24.3 Å². The zero-order valence-electron chi connectivity index (χ0n) is 11.0. The first-order valence-electron chi connectivity index (χ1n) is 5.89. The zero-order chi connectivity index (χ0) is 13.6. The van der Waals surface area contributed by atoms with E-state index in [1.807, 2.05) is 6.07 Å². The lowest BCUT2D eigenvalue weighted by atomic mass is 9.92. The van der Waals surface area contributed by atoms with Crippen LogP contribution in [0, 0.1) is 0 Å². The Bertz CT molecular complexity index is 516. The van der Waals surface area contributed by atoms with Gasteiger partial charge < -0.3 is 10.1 Å². The van der Waals surface area contributed by atoms with Crippen molar-refractivity contribution in [3.63, 3.8) is 0 Å². The minimum Gasteiger partial charge on any atom is -0.458 e. The second-order valence-electron chi connectivity index (χ2n) is 5.63. The topological polar surface area (TPSA) is 55.4 Å². The van der Waals surface area contributed by atoms with Crippen molar-refractivity contribution in [1.82, 2.24) is 5.32 Å². The van der Waals surface area contributed by atoms with Gasteiger partial charge in [0.05, 0.1) is 0 Å². The van der Waals surface area contributed by atoms with Gasteiger partial charge in [-0.05, 0) is 33.8 Å². The highest BCUT2D eigenvalue weighted by atomic mass is 16.6. The van der Waals surface area contributed by atoms with Crippen molar-refractivity contribution >= 4 is 11.9 Å². The second kappa shape index (κ2) is 3.83. The molecule has 0 unspecified atom stereocenters. The Labute approximate surface area is 106 Å². The average molecular weight is 247 g/mol. The molecule has 0 spiro atoms. The summed E-state index contributed by atoms with van der Waals surface area (Å²) in [7, 11) is 0. The minimum atomic E-state index is -1.10. The van der Waals surface area contributed by atoms with Gasteiger partial charge in [0.1, 0.15) is 5.60 Å². The van der Waals surface area contributed by atoms with Crippen molar-refractivity contribution in [2.24, 2.45) is 0 Å². The third kappa shape index (κ3) is 1.98. The van der Waals surface area contributed by atoms with Gasteiger partial charge in [0.25, 0.3) is 5.91 Å². The van der Waals surface area contributed by atoms with E-state index in [9.17, 15) is 9.59 Å². The van der Waals surface area contributed by atoms with Crippen LogP contribution in [0.3, 0.4) is 0 Å². The molecule has 1 aliphatic heterocycles. The second-order valence-corrected chi connectivity index (χ2v) is 5.63. The Kier molecular flexibility index (Phi) is 2.69. The number of hydrogen-bond donors (Lipinski definition) is 1. The van der Waals surface area contributed by atoms with Crippen molar-refractivity contribution in [3.05, 3.63) is 35.4 Å². The molecule has 1 aliphatic rings. The van der Waals surface area contributed by atoms with Crippen LogP contribution in [-0.4, -0.2) is 17.5 Å². The third-order valence-electron chi connectivity index (χ3n) is 2.88. The van der Waals surface area contributed by atoms with E-state index in [2.05, 4.69) is 5.32 Å². The number of nitrogens with one attached hydrogen (secondary N) is 1. The Balaban J connectivity index is 2.40. The molecule has 1 aromatic carbocycles. The maximum atomic E-state index is 12.3. The number of rotatable bonds is 1. The molecule has 96 valence electrons. The lowest BCUT2D eigenvalue weighted by Gasteiger charge is -2.28. The minimum absolute atomic E-state index is 0.237. The van der Waals surface area contributed by atoms with E-state index in [1.165, 1.54) is 0 Å². The molecule has 1 heterocycles. The summed E-state index contributed by atoms with van der Waals surface area (Å²) in [5, 5.41) is 2.70. The molecule has 0 aromatic heterocycles. The van der Waals surface area contributed by atoms with Gasteiger partial charge in [-0.1, -0.05) is 18.2 Å². The summed E-state index contributed by atoms with van der Waals surface area (Å²) in [6, 6.07) is 7.07. The first kappa shape index (κ1) is 12.6. The number of ether oxygens (including phenoxy) is 1. The van der Waals surface area contributed by atoms with Crippen molar-refractivity contribution in [2.45, 2.75) is 38.8 Å². The van der Waals surface area contributed by atoms with Crippen LogP contribution in [0.25, 0.3) is 0 Å². The van der Waals surface area contributed by atoms with E-state index < -0.39 is 17.1 Å². The van der Waals surface area contributed by atoms with Gasteiger partial charge in [-0.25, -0.2) is 4.79 Å². The van der Waals surface area contributed by atoms with E-state index in [0.29, 0.717) is 11.1 Å². The molecule has 0 saturated carbocycles.